The van der Waals surface area contributed by atoms with Crippen LogP contribution in [0.1, 0.15) is 23.2 Å². The Balaban J connectivity index is 1.25. The molecule has 0 aromatic heterocycles. The number of amides is 2. The van der Waals surface area contributed by atoms with Gasteiger partial charge in [-0.1, -0.05) is 66.2 Å². The molecular formula is C26H25ClN2O3. The summed E-state index contributed by atoms with van der Waals surface area (Å²) in [5, 5.41) is 3.53. The van der Waals surface area contributed by atoms with Crippen LogP contribution < -0.4 is 10.1 Å². The van der Waals surface area contributed by atoms with Crippen LogP contribution in [0.4, 0.5) is 0 Å². The second-order valence-electron chi connectivity index (χ2n) is 7.79. The number of piperidine rings is 1. The Bertz CT molecular complexity index is 1060. The van der Waals surface area contributed by atoms with Crippen LogP contribution in [0.15, 0.2) is 78.9 Å². The number of likely N-dealkylation sites (tertiary alicyclic amines) is 1. The third-order valence-corrected chi connectivity index (χ3v) is 5.90. The molecule has 0 atom stereocenters. The van der Waals surface area contributed by atoms with Crippen molar-refractivity contribution < 1.29 is 14.3 Å². The lowest BCUT2D eigenvalue weighted by molar-refractivity contribution is -0.134. The van der Waals surface area contributed by atoms with Crippen molar-refractivity contribution in [3.05, 3.63) is 89.4 Å². The summed E-state index contributed by atoms with van der Waals surface area (Å²) < 4.78 is 5.70. The molecule has 1 heterocycles. The van der Waals surface area contributed by atoms with Gasteiger partial charge in [0.15, 0.2) is 6.61 Å². The van der Waals surface area contributed by atoms with Crippen molar-refractivity contribution in [2.45, 2.75) is 18.9 Å². The van der Waals surface area contributed by atoms with Crippen LogP contribution in [0.25, 0.3) is 11.1 Å². The van der Waals surface area contributed by atoms with Crippen LogP contribution in [0.2, 0.25) is 5.02 Å². The minimum absolute atomic E-state index is 0.0626. The highest BCUT2D eigenvalue weighted by Crippen LogP contribution is 2.30. The molecule has 1 fully saturated rings. The first-order valence-electron chi connectivity index (χ1n) is 10.7. The maximum Gasteiger partial charge on any atom is 0.260 e. The molecule has 6 heteroatoms. The standard InChI is InChI=1S/C26H25ClN2O3/c27-23-17-21(19-7-3-1-4-8-19)11-12-24(23)32-18-25(30)29-15-13-22(14-16-29)28-26(31)20-9-5-2-6-10-20/h1-12,17,22H,13-16,18H2,(H,28,31). The van der Waals surface area contributed by atoms with Crippen LogP contribution in [-0.2, 0) is 4.79 Å². The Kier molecular flexibility index (Phi) is 7.07. The molecule has 0 aliphatic carbocycles. The molecule has 32 heavy (non-hydrogen) atoms. The number of nitrogens with zero attached hydrogens (tertiary/aromatic N) is 1. The fraction of sp³-hybridized carbons (Fsp3) is 0.231. The SMILES string of the molecule is O=C(NC1CCN(C(=O)COc2ccc(-c3ccccc3)cc2Cl)CC1)c1ccccc1. The van der Waals surface area contributed by atoms with E-state index in [9.17, 15) is 9.59 Å². The van der Waals surface area contributed by atoms with Gasteiger partial charge in [-0.05, 0) is 48.2 Å². The van der Waals surface area contributed by atoms with Crippen molar-refractivity contribution in [2.75, 3.05) is 19.7 Å². The van der Waals surface area contributed by atoms with E-state index in [2.05, 4.69) is 5.32 Å². The predicted molar refractivity (Wildman–Crippen MR) is 126 cm³/mol. The summed E-state index contributed by atoms with van der Waals surface area (Å²) in [7, 11) is 0. The molecule has 0 unspecified atom stereocenters. The highest BCUT2D eigenvalue weighted by atomic mass is 35.5. The summed E-state index contributed by atoms with van der Waals surface area (Å²) in [6, 6.07) is 24.7. The average Bonchev–Trinajstić information content (AvgIpc) is 2.84. The van der Waals surface area contributed by atoms with Crippen LogP contribution in [0, 0.1) is 0 Å². The van der Waals surface area contributed by atoms with E-state index in [0.717, 1.165) is 24.0 Å². The molecule has 2 amide bonds. The minimum atomic E-state index is -0.0824. The Labute approximate surface area is 193 Å². The molecule has 5 nitrogen and oxygen atoms in total. The Morgan fingerprint density at radius 2 is 1.56 bits per heavy atom. The zero-order chi connectivity index (χ0) is 22.3. The van der Waals surface area contributed by atoms with Crippen LogP contribution >= 0.6 is 11.6 Å². The molecule has 3 aromatic carbocycles. The van der Waals surface area contributed by atoms with Gasteiger partial charge in [-0.15, -0.1) is 0 Å². The second-order valence-corrected chi connectivity index (χ2v) is 8.20. The van der Waals surface area contributed by atoms with Gasteiger partial charge in [0.25, 0.3) is 11.8 Å². The van der Waals surface area contributed by atoms with E-state index < -0.39 is 0 Å². The molecule has 3 aromatic rings. The number of rotatable bonds is 6. The third kappa shape index (κ3) is 5.48. The number of carbonyl (C=O) groups excluding carboxylic acids is 2. The molecule has 1 aliphatic rings. The Hall–Kier alpha value is -3.31. The quantitative estimate of drug-likeness (QED) is 0.589. The molecule has 1 aliphatic heterocycles. The number of nitrogens with one attached hydrogen (secondary N) is 1. The van der Waals surface area contributed by atoms with E-state index in [1.807, 2.05) is 60.7 Å². The van der Waals surface area contributed by atoms with Gasteiger partial charge in [0.1, 0.15) is 5.75 Å². The normalized spacial score (nSPS) is 14.1. The first-order valence-corrected chi connectivity index (χ1v) is 11.1. The maximum absolute atomic E-state index is 12.6. The fourth-order valence-electron chi connectivity index (χ4n) is 3.79. The molecule has 164 valence electrons. The molecule has 0 radical (unpaired) electrons. The van der Waals surface area contributed by atoms with Gasteiger partial charge >= 0.3 is 0 Å². The number of halogens is 1. The van der Waals surface area contributed by atoms with Gasteiger partial charge < -0.3 is 15.0 Å². The van der Waals surface area contributed by atoms with Crippen LogP contribution in [0.5, 0.6) is 5.75 Å². The van der Waals surface area contributed by atoms with Gasteiger partial charge in [-0.25, -0.2) is 0 Å². The highest BCUT2D eigenvalue weighted by Gasteiger charge is 2.24. The van der Waals surface area contributed by atoms with Crippen molar-refractivity contribution in [2.24, 2.45) is 0 Å². The number of ether oxygens (including phenoxy) is 1. The summed E-state index contributed by atoms with van der Waals surface area (Å²) in [5.74, 6) is 0.332. The van der Waals surface area contributed by atoms with Crippen LogP contribution in [0.3, 0.4) is 0 Å². The summed E-state index contributed by atoms with van der Waals surface area (Å²) in [6.45, 7) is 1.11. The molecule has 0 bridgehead atoms. The lowest BCUT2D eigenvalue weighted by Gasteiger charge is -2.32. The van der Waals surface area contributed by atoms with Crippen molar-refractivity contribution in [3.63, 3.8) is 0 Å². The lowest BCUT2D eigenvalue weighted by Crippen LogP contribution is -2.47. The Morgan fingerprint density at radius 3 is 2.22 bits per heavy atom. The van der Waals surface area contributed by atoms with E-state index in [1.165, 1.54) is 0 Å². The van der Waals surface area contributed by atoms with E-state index in [1.54, 1.807) is 23.1 Å². The molecule has 1 saturated heterocycles. The third-order valence-electron chi connectivity index (χ3n) is 5.61. The molecular weight excluding hydrogens is 424 g/mol. The smallest absolute Gasteiger partial charge is 0.260 e. The average molecular weight is 449 g/mol. The van der Waals surface area contributed by atoms with E-state index in [0.29, 0.717) is 29.4 Å². The van der Waals surface area contributed by atoms with Gasteiger partial charge in [0, 0.05) is 24.7 Å². The van der Waals surface area contributed by atoms with E-state index >= 15 is 0 Å². The topological polar surface area (TPSA) is 58.6 Å². The molecule has 4 rings (SSSR count). The van der Waals surface area contributed by atoms with Crippen molar-refractivity contribution in [1.82, 2.24) is 10.2 Å². The maximum atomic E-state index is 12.6. The van der Waals surface area contributed by atoms with Crippen LogP contribution in [-0.4, -0.2) is 42.5 Å². The van der Waals surface area contributed by atoms with Crippen molar-refractivity contribution >= 4 is 23.4 Å². The summed E-state index contributed by atoms with van der Waals surface area (Å²) >= 11 is 6.38. The summed E-state index contributed by atoms with van der Waals surface area (Å²) in [6.07, 6.45) is 1.44. The lowest BCUT2D eigenvalue weighted by atomic mass is 10.0. The zero-order valence-electron chi connectivity index (χ0n) is 17.7. The molecule has 0 saturated carbocycles. The van der Waals surface area contributed by atoms with E-state index in [-0.39, 0.29) is 24.5 Å². The van der Waals surface area contributed by atoms with Crippen molar-refractivity contribution in [3.8, 4) is 16.9 Å². The summed E-state index contributed by atoms with van der Waals surface area (Å²) in [4.78, 5) is 26.7. The van der Waals surface area contributed by atoms with E-state index in [4.69, 9.17) is 16.3 Å². The highest BCUT2D eigenvalue weighted by molar-refractivity contribution is 6.32. The molecule has 1 N–H and O–H groups in total. The molecule has 0 spiro atoms. The number of benzene rings is 3. The minimum Gasteiger partial charge on any atom is -0.482 e. The second kappa shape index (κ2) is 10.3. The zero-order valence-corrected chi connectivity index (χ0v) is 18.4. The monoisotopic (exact) mass is 448 g/mol. The fourth-order valence-corrected chi connectivity index (χ4v) is 4.03. The Morgan fingerprint density at radius 1 is 0.906 bits per heavy atom. The first-order chi connectivity index (χ1) is 15.6. The first kappa shape index (κ1) is 21.9. The summed E-state index contributed by atoms with van der Waals surface area (Å²) in [5.41, 5.74) is 2.71. The van der Waals surface area contributed by atoms with Gasteiger partial charge in [-0.3, -0.25) is 9.59 Å². The number of hydrogen-bond donors (Lipinski definition) is 1. The number of hydrogen-bond acceptors (Lipinski definition) is 3. The number of carbonyl (C=O) groups is 2. The largest absolute Gasteiger partial charge is 0.482 e. The van der Waals surface area contributed by atoms with Gasteiger partial charge in [0.05, 0.1) is 5.02 Å². The van der Waals surface area contributed by atoms with Gasteiger partial charge in [0.2, 0.25) is 0 Å². The van der Waals surface area contributed by atoms with Gasteiger partial charge in [-0.2, -0.15) is 0 Å². The predicted octanol–water partition coefficient (Wildman–Crippen LogP) is 4.81. The van der Waals surface area contributed by atoms with Crippen molar-refractivity contribution in [1.29, 1.82) is 0 Å².